The molecule has 0 spiro atoms. The van der Waals surface area contributed by atoms with Gasteiger partial charge >= 0.3 is 0 Å². The van der Waals surface area contributed by atoms with Gasteiger partial charge in [-0.25, -0.2) is 0 Å². The Kier molecular flexibility index (Phi) is 3.89. The number of rotatable bonds is 5. The predicted molar refractivity (Wildman–Crippen MR) is 74.8 cm³/mol. The van der Waals surface area contributed by atoms with E-state index in [0.717, 1.165) is 35.9 Å². The Balaban J connectivity index is 1.37. The number of nitrogens with one attached hydrogen (secondary N) is 1. The van der Waals surface area contributed by atoms with Crippen molar-refractivity contribution in [3.8, 4) is 0 Å². The average molecular weight is 263 g/mol. The van der Waals surface area contributed by atoms with Crippen molar-refractivity contribution in [2.24, 2.45) is 11.8 Å². The Morgan fingerprint density at radius 1 is 1.42 bits per heavy atom. The normalized spacial score (nSPS) is 28.7. The van der Waals surface area contributed by atoms with Crippen molar-refractivity contribution >= 4 is 0 Å². The third-order valence-corrected chi connectivity index (χ3v) is 4.55. The van der Waals surface area contributed by atoms with Crippen LogP contribution in [0.5, 0.6) is 0 Å². The molecule has 0 bridgehead atoms. The van der Waals surface area contributed by atoms with Crippen molar-refractivity contribution in [1.29, 1.82) is 0 Å². The van der Waals surface area contributed by atoms with Crippen LogP contribution >= 0.6 is 0 Å². The van der Waals surface area contributed by atoms with Crippen LogP contribution in [0.15, 0.2) is 10.6 Å². The third-order valence-electron chi connectivity index (χ3n) is 4.55. The summed E-state index contributed by atoms with van der Waals surface area (Å²) >= 11 is 0. The lowest BCUT2D eigenvalue weighted by atomic mass is 9.96. The minimum atomic E-state index is 0.816. The first-order chi connectivity index (χ1) is 9.20. The van der Waals surface area contributed by atoms with Crippen LogP contribution in [0.3, 0.4) is 0 Å². The van der Waals surface area contributed by atoms with Gasteiger partial charge in [-0.1, -0.05) is 12.1 Å². The largest absolute Gasteiger partial charge is 0.361 e. The van der Waals surface area contributed by atoms with Crippen LogP contribution in [0.4, 0.5) is 0 Å². The van der Waals surface area contributed by atoms with E-state index in [4.69, 9.17) is 4.52 Å². The van der Waals surface area contributed by atoms with Gasteiger partial charge in [0.2, 0.25) is 0 Å². The molecule has 4 nitrogen and oxygen atoms in total. The van der Waals surface area contributed by atoms with Crippen LogP contribution in [0, 0.1) is 18.8 Å². The van der Waals surface area contributed by atoms with Gasteiger partial charge in [-0.2, -0.15) is 0 Å². The molecule has 3 rings (SSSR count). The summed E-state index contributed by atoms with van der Waals surface area (Å²) < 4.78 is 5.12. The molecule has 1 saturated carbocycles. The molecular formula is C15H25N3O. The van der Waals surface area contributed by atoms with Gasteiger partial charge in [0.1, 0.15) is 5.76 Å². The molecule has 2 aliphatic rings. The van der Waals surface area contributed by atoms with Crippen LogP contribution in [-0.4, -0.2) is 35.7 Å². The van der Waals surface area contributed by atoms with Gasteiger partial charge < -0.3 is 9.84 Å². The number of hydrogen-bond donors (Lipinski definition) is 1. The van der Waals surface area contributed by atoms with Crippen molar-refractivity contribution in [3.63, 3.8) is 0 Å². The monoisotopic (exact) mass is 263 g/mol. The Hall–Kier alpha value is -0.870. The maximum absolute atomic E-state index is 5.12. The topological polar surface area (TPSA) is 41.3 Å². The van der Waals surface area contributed by atoms with Crippen LogP contribution in [0.1, 0.15) is 37.6 Å². The molecule has 1 aliphatic heterocycles. The lowest BCUT2D eigenvalue weighted by Gasteiger charge is -2.31. The van der Waals surface area contributed by atoms with Crippen LogP contribution in [0.2, 0.25) is 0 Å². The average Bonchev–Trinajstić information content (AvgIpc) is 2.96. The second kappa shape index (κ2) is 5.63. The van der Waals surface area contributed by atoms with Gasteiger partial charge in [0.05, 0.1) is 5.69 Å². The van der Waals surface area contributed by atoms with Gasteiger partial charge in [0, 0.05) is 18.7 Å². The highest BCUT2D eigenvalue weighted by Crippen LogP contribution is 2.29. The first kappa shape index (κ1) is 13.1. The molecule has 0 amide bonds. The second-order valence-corrected chi connectivity index (χ2v) is 6.38. The molecule has 106 valence electrons. The van der Waals surface area contributed by atoms with Crippen LogP contribution in [0.25, 0.3) is 0 Å². The van der Waals surface area contributed by atoms with E-state index >= 15 is 0 Å². The molecular weight excluding hydrogens is 238 g/mol. The Morgan fingerprint density at radius 2 is 2.16 bits per heavy atom. The summed E-state index contributed by atoms with van der Waals surface area (Å²) in [6.07, 6.45) is 4.00. The summed E-state index contributed by atoms with van der Waals surface area (Å²) in [5.74, 6) is 2.69. The van der Waals surface area contributed by atoms with Crippen molar-refractivity contribution in [3.05, 3.63) is 17.5 Å². The fraction of sp³-hybridized carbons (Fsp3) is 0.800. The molecule has 1 saturated heterocycles. The lowest BCUT2D eigenvalue weighted by Crippen LogP contribution is -2.37. The van der Waals surface area contributed by atoms with Crippen molar-refractivity contribution in [2.45, 2.75) is 45.7 Å². The quantitative estimate of drug-likeness (QED) is 0.884. The molecule has 0 aromatic carbocycles. The zero-order valence-electron chi connectivity index (χ0n) is 12.1. The van der Waals surface area contributed by atoms with Crippen LogP contribution in [-0.2, 0) is 6.54 Å². The van der Waals surface area contributed by atoms with E-state index in [1.54, 1.807) is 0 Å². The first-order valence-corrected chi connectivity index (χ1v) is 7.58. The smallest absolute Gasteiger partial charge is 0.133 e. The molecule has 2 fully saturated rings. The molecule has 2 atom stereocenters. The van der Waals surface area contributed by atoms with Crippen LogP contribution < -0.4 is 5.32 Å². The summed E-state index contributed by atoms with van der Waals surface area (Å²) in [5.41, 5.74) is 1.07. The van der Waals surface area contributed by atoms with Crippen molar-refractivity contribution < 1.29 is 4.52 Å². The first-order valence-electron chi connectivity index (χ1n) is 7.58. The van der Waals surface area contributed by atoms with Gasteiger partial charge in [0.15, 0.2) is 0 Å². The number of aryl methyl sites for hydroxylation is 1. The maximum Gasteiger partial charge on any atom is 0.133 e. The SMILES string of the molecule is Cc1cc(CN2CCC(CN[C@@H]3C[C@H]3C)CC2)no1. The van der Waals surface area contributed by atoms with Gasteiger partial charge in [-0.05, 0) is 57.7 Å². The summed E-state index contributed by atoms with van der Waals surface area (Å²) in [7, 11) is 0. The lowest BCUT2D eigenvalue weighted by molar-refractivity contribution is 0.171. The zero-order chi connectivity index (χ0) is 13.2. The van der Waals surface area contributed by atoms with Crippen molar-refractivity contribution in [1.82, 2.24) is 15.4 Å². The molecule has 2 heterocycles. The fourth-order valence-electron chi connectivity index (χ4n) is 2.99. The van der Waals surface area contributed by atoms with E-state index in [-0.39, 0.29) is 0 Å². The summed E-state index contributed by atoms with van der Waals surface area (Å²) in [5, 5.41) is 7.77. The molecule has 1 aromatic rings. The summed E-state index contributed by atoms with van der Waals surface area (Å²) in [4.78, 5) is 2.49. The maximum atomic E-state index is 5.12. The number of aromatic nitrogens is 1. The third kappa shape index (κ3) is 3.57. The van der Waals surface area contributed by atoms with Crippen molar-refractivity contribution in [2.75, 3.05) is 19.6 Å². The number of nitrogens with zero attached hydrogens (tertiary/aromatic N) is 2. The standard InChI is InChI=1S/C15H25N3O/c1-11-7-15(11)16-9-13-3-5-18(6-4-13)10-14-8-12(2)19-17-14/h8,11,13,15-16H,3-7,9-10H2,1-2H3/t11-,15-/m1/s1. The number of hydrogen-bond acceptors (Lipinski definition) is 4. The van der Waals surface area contributed by atoms with E-state index in [1.165, 1.54) is 38.9 Å². The number of likely N-dealkylation sites (tertiary alicyclic amines) is 1. The summed E-state index contributed by atoms with van der Waals surface area (Å²) in [6, 6.07) is 2.86. The highest BCUT2D eigenvalue weighted by atomic mass is 16.5. The van der Waals surface area contributed by atoms with Gasteiger partial charge in [-0.3, -0.25) is 4.90 Å². The zero-order valence-corrected chi connectivity index (χ0v) is 12.1. The molecule has 1 aromatic heterocycles. The Bertz CT molecular complexity index is 409. The van der Waals surface area contributed by atoms with E-state index in [1.807, 2.05) is 13.0 Å². The summed E-state index contributed by atoms with van der Waals surface area (Å²) in [6.45, 7) is 8.83. The second-order valence-electron chi connectivity index (χ2n) is 6.38. The molecule has 1 N–H and O–H groups in total. The molecule has 0 radical (unpaired) electrons. The molecule has 0 unspecified atom stereocenters. The van der Waals surface area contributed by atoms with E-state index in [9.17, 15) is 0 Å². The molecule has 4 heteroatoms. The fourth-order valence-corrected chi connectivity index (χ4v) is 2.99. The van der Waals surface area contributed by atoms with Gasteiger partial charge in [0.25, 0.3) is 0 Å². The van der Waals surface area contributed by atoms with Gasteiger partial charge in [-0.15, -0.1) is 0 Å². The van der Waals surface area contributed by atoms with E-state index < -0.39 is 0 Å². The Labute approximate surface area is 115 Å². The van der Waals surface area contributed by atoms with E-state index in [0.29, 0.717) is 0 Å². The minimum Gasteiger partial charge on any atom is -0.361 e. The predicted octanol–water partition coefficient (Wildman–Crippen LogP) is 2.19. The molecule has 19 heavy (non-hydrogen) atoms. The highest BCUT2D eigenvalue weighted by molar-refractivity contribution is 5.03. The minimum absolute atomic E-state index is 0.816. The number of piperidine rings is 1. The Morgan fingerprint density at radius 3 is 2.74 bits per heavy atom. The molecule has 1 aliphatic carbocycles. The van der Waals surface area contributed by atoms with E-state index in [2.05, 4.69) is 22.3 Å². The highest BCUT2D eigenvalue weighted by Gasteiger charge is 2.32.